The van der Waals surface area contributed by atoms with Crippen molar-refractivity contribution in [3.63, 3.8) is 0 Å². The molecule has 0 saturated heterocycles. The molecule has 0 spiro atoms. The van der Waals surface area contributed by atoms with Crippen molar-refractivity contribution in [2.45, 2.75) is 25.3 Å². The van der Waals surface area contributed by atoms with Gasteiger partial charge in [0.25, 0.3) is 0 Å². The highest BCUT2D eigenvalue weighted by molar-refractivity contribution is 5.81. The number of benzene rings is 1. The molecule has 1 aromatic rings. The molecule has 1 fully saturated rings. The summed E-state index contributed by atoms with van der Waals surface area (Å²) in [4.78, 5) is 25.3. The van der Waals surface area contributed by atoms with Gasteiger partial charge in [-0.05, 0) is 37.9 Å². The van der Waals surface area contributed by atoms with Crippen LogP contribution in [0.25, 0.3) is 0 Å². The van der Waals surface area contributed by atoms with Crippen LogP contribution in [0, 0.1) is 0 Å². The van der Waals surface area contributed by atoms with E-state index in [1.54, 1.807) is 19.1 Å². The molecule has 23 heavy (non-hydrogen) atoms. The lowest BCUT2D eigenvalue weighted by molar-refractivity contribution is -0.124. The van der Waals surface area contributed by atoms with E-state index in [1.165, 1.54) is 0 Å². The van der Waals surface area contributed by atoms with Gasteiger partial charge in [0.1, 0.15) is 5.75 Å². The zero-order valence-corrected chi connectivity index (χ0v) is 13.8. The monoisotopic (exact) mass is 319 g/mol. The van der Waals surface area contributed by atoms with Gasteiger partial charge in [0.15, 0.2) is 0 Å². The summed E-state index contributed by atoms with van der Waals surface area (Å²) in [6, 6.07) is 8.11. The van der Waals surface area contributed by atoms with Crippen LogP contribution in [0.3, 0.4) is 0 Å². The third-order valence-corrected chi connectivity index (χ3v) is 3.68. The van der Waals surface area contributed by atoms with Gasteiger partial charge in [0, 0.05) is 12.6 Å². The Bertz CT molecular complexity index is 544. The molecule has 1 aliphatic carbocycles. The Labute approximate surface area is 137 Å². The molecule has 1 aliphatic rings. The van der Waals surface area contributed by atoms with E-state index in [2.05, 4.69) is 10.6 Å². The number of hydrogen-bond donors (Lipinski definition) is 2. The van der Waals surface area contributed by atoms with Crippen molar-refractivity contribution in [3.05, 3.63) is 29.8 Å². The second kappa shape index (κ2) is 8.53. The molecule has 1 saturated carbocycles. The average molecular weight is 319 g/mol. The van der Waals surface area contributed by atoms with Gasteiger partial charge < -0.3 is 15.4 Å². The fourth-order valence-electron chi connectivity index (χ4n) is 2.35. The van der Waals surface area contributed by atoms with E-state index in [0.717, 1.165) is 24.2 Å². The van der Waals surface area contributed by atoms with Gasteiger partial charge in [0.2, 0.25) is 11.8 Å². The van der Waals surface area contributed by atoms with Gasteiger partial charge >= 0.3 is 0 Å². The van der Waals surface area contributed by atoms with Crippen LogP contribution in [0.5, 0.6) is 5.75 Å². The first-order valence-electron chi connectivity index (χ1n) is 7.95. The first kappa shape index (κ1) is 17.3. The Morgan fingerprint density at radius 2 is 1.91 bits per heavy atom. The summed E-state index contributed by atoms with van der Waals surface area (Å²) in [5.41, 5.74) is 1.06. The first-order chi connectivity index (χ1) is 11.1. The van der Waals surface area contributed by atoms with Crippen molar-refractivity contribution in [2.24, 2.45) is 0 Å². The van der Waals surface area contributed by atoms with Crippen molar-refractivity contribution in [2.75, 3.05) is 33.8 Å². The lowest BCUT2D eigenvalue weighted by Gasteiger charge is -2.16. The van der Waals surface area contributed by atoms with Crippen LogP contribution < -0.4 is 15.4 Å². The maximum atomic E-state index is 11.9. The summed E-state index contributed by atoms with van der Waals surface area (Å²) >= 11 is 0. The van der Waals surface area contributed by atoms with Crippen molar-refractivity contribution in [1.29, 1.82) is 0 Å². The lowest BCUT2D eigenvalue weighted by Crippen LogP contribution is -2.41. The van der Waals surface area contributed by atoms with Crippen molar-refractivity contribution in [3.8, 4) is 5.75 Å². The Kier molecular flexibility index (Phi) is 6.40. The molecule has 126 valence electrons. The summed E-state index contributed by atoms with van der Waals surface area (Å²) in [5, 5.41) is 5.78. The van der Waals surface area contributed by atoms with Gasteiger partial charge in [-0.2, -0.15) is 0 Å². The largest absolute Gasteiger partial charge is 0.496 e. The maximum Gasteiger partial charge on any atom is 0.234 e. The van der Waals surface area contributed by atoms with Crippen LogP contribution in [-0.2, 0) is 16.0 Å². The number of hydrogen-bond acceptors (Lipinski definition) is 4. The molecule has 0 unspecified atom stereocenters. The second-order valence-electron chi connectivity index (χ2n) is 5.93. The molecule has 0 atom stereocenters. The standard InChI is InChI=1S/C17H25N3O3/c1-20(12-17(22)19-14-7-8-14)11-16(21)18-10-9-13-5-3-4-6-15(13)23-2/h3-6,14H,7-12H2,1-2H3,(H,18,21)(H,19,22). The Morgan fingerprint density at radius 3 is 2.61 bits per heavy atom. The molecule has 6 heteroatoms. The summed E-state index contributed by atoms with van der Waals surface area (Å²) in [6.45, 7) is 1.00. The Balaban J connectivity index is 1.64. The van der Waals surface area contributed by atoms with E-state index in [4.69, 9.17) is 4.74 Å². The number of methoxy groups -OCH3 is 1. The highest BCUT2D eigenvalue weighted by Crippen LogP contribution is 2.18. The van der Waals surface area contributed by atoms with E-state index in [0.29, 0.717) is 19.0 Å². The number of amides is 2. The highest BCUT2D eigenvalue weighted by atomic mass is 16.5. The van der Waals surface area contributed by atoms with Crippen LogP contribution >= 0.6 is 0 Å². The number of ether oxygens (including phenoxy) is 1. The predicted octanol–water partition coefficient (Wildman–Crippen LogP) is 0.564. The summed E-state index contributed by atoms with van der Waals surface area (Å²) in [5.74, 6) is 0.731. The molecule has 0 heterocycles. The van der Waals surface area contributed by atoms with Gasteiger partial charge in [-0.1, -0.05) is 18.2 Å². The van der Waals surface area contributed by atoms with Gasteiger partial charge in [-0.3, -0.25) is 14.5 Å². The summed E-state index contributed by atoms with van der Waals surface area (Å²) < 4.78 is 5.28. The summed E-state index contributed by atoms with van der Waals surface area (Å²) in [6.07, 6.45) is 2.85. The minimum Gasteiger partial charge on any atom is -0.496 e. The molecule has 0 radical (unpaired) electrons. The third kappa shape index (κ3) is 6.28. The zero-order chi connectivity index (χ0) is 16.7. The Morgan fingerprint density at radius 1 is 1.22 bits per heavy atom. The van der Waals surface area contributed by atoms with E-state index >= 15 is 0 Å². The van der Waals surface area contributed by atoms with Crippen molar-refractivity contribution < 1.29 is 14.3 Å². The maximum absolute atomic E-state index is 11.9. The fraction of sp³-hybridized carbons (Fsp3) is 0.529. The van der Waals surface area contributed by atoms with Crippen LogP contribution in [0.2, 0.25) is 0 Å². The summed E-state index contributed by atoms with van der Waals surface area (Å²) in [7, 11) is 3.41. The van der Waals surface area contributed by atoms with Crippen LogP contribution in [0.4, 0.5) is 0 Å². The van der Waals surface area contributed by atoms with E-state index in [1.807, 2.05) is 24.3 Å². The van der Waals surface area contributed by atoms with Crippen molar-refractivity contribution >= 4 is 11.8 Å². The van der Waals surface area contributed by atoms with Crippen molar-refractivity contribution in [1.82, 2.24) is 15.5 Å². The Hall–Kier alpha value is -2.08. The van der Waals surface area contributed by atoms with Crippen LogP contribution in [0.15, 0.2) is 24.3 Å². The number of carbonyl (C=O) groups is 2. The smallest absolute Gasteiger partial charge is 0.234 e. The molecule has 6 nitrogen and oxygen atoms in total. The first-order valence-corrected chi connectivity index (χ1v) is 7.95. The molecular formula is C17H25N3O3. The number of likely N-dealkylation sites (N-methyl/N-ethyl adjacent to an activating group) is 1. The molecule has 2 amide bonds. The average Bonchev–Trinajstić information content (AvgIpc) is 3.31. The molecule has 0 aliphatic heterocycles. The molecule has 0 aromatic heterocycles. The van der Waals surface area contributed by atoms with Gasteiger partial charge in [-0.15, -0.1) is 0 Å². The van der Waals surface area contributed by atoms with E-state index in [-0.39, 0.29) is 24.9 Å². The van der Waals surface area contributed by atoms with E-state index < -0.39 is 0 Å². The number of nitrogens with zero attached hydrogens (tertiary/aromatic N) is 1. The molecular weight excluding hydrogens is 294 g/mol. The normalized spacial score (nSPS) is 13.7. The third-order valence-electron chi connectivity index (χ3n) is 3.68. The number of carbonyl (C=O) groups excluding carboxylic acids is 2. The quantitative estimate of drug-likeness (QED) is 0.698. The lowest BCUT2D eigenvalue weighted by atomic mass is 10.1. The zero-order valence-electron chi connectivity index (χ0n) is 13.8. The SMILES string of the molecule is COc1ccccc1CCNC(=O)CN(C)CC(=O)NC1CC1. The number of para-hydroxylation sites is 1. The number of nitrogens with one attached hydrogen (secondary N) is 2. The van der Waals surface area contributed by atoms with Gasteiger partial charge in [-0.25, -0.2) is 0 Å². The number of rotatable bonds is 9. The minimum absolute atomic E-state index is 0.0168. The second-order valence-corrected chi connectivity index (χ2v) is 5.93. The van der Waals surface area contributed by atoms with Gasteiger partial charge in [0.05, 0.1) is 20.2 Å². The van der Waals surface area contributed by atoms with E-state index in [9.17, 15) is 9.59 Å². The molecule has 1 aromatic carbocycles. The molecule has 2 N–H and O–H groups in total. The fourth-order valence-corrected chi connectivity index (χ4v) is 2.35. The highest BCUT2D eigenvalue weighted by Gasteiger charge is 2.23. The molecule has 2 rings (SSSR count). The molecule has 0 bridgehead atoms. The van der Waals surface area contributed by atoms with Crippen LogP contribution in [0.1, 0.15) is 18.4 Å². The minimum atomic E-state index is -0.0818. The predicted molar refractivity (Wildman–Crippen MR) is 88.4 cm³/mol. The van der Waals surface area contributed by atoms with Crippen LogP contribution in [-0.4, -0.2) is 56.5 Å². The topological polar surface area (TPSA) is 70.7 Å².